The number of hydrogen-bond acceptors (Lipinski definition) is 4. The van der Waals surface area contributed by atoms with Gasteiger partial charge in [-0.1, -0.05) is 26.0 Å². The number of hydrogen-bond donors (Lipinski definition) is 2. The molecule has 0 radical (unpaired) electrons. The smallest absolute Gasteiger partial charge is 0.258 e. The summed E-state index contributed by atoms with van der Waals surface area (Å²) >= 11 is 0. The normalized spacial score (nSPS) is 12.2. The molecular weight excluding hydrogens is 278 g/mol. The topological polar surface area (TPSA) is 91.9 Å². The fraction of sp³-hybridized carbons (Fsp3) is 0.385. The molecule has 20 heavy (non-hydrogen) atoms. The molecule has 6 nitrogen and oxygen atoms in total. The first-order valence-electron chi connectivity index (χ1n) is 6.32. The van der Waals surface area contributed by atoms with E-state index in [-0.39, 0.29) is 23.8 Å². The molecule has 7 heteroatoms. The van der Waals surface area contributed by atoms with E-state index in [9.17, 15) is 13.2 Å². The average Bonchev–Trinajstić information content (AvgIpc) is 2.35. The van der Waals surface area contributed by atoms with E-state index in [0.717, 1.165) is 0 Å². The van der Waals surface area contributed by atoms with Crippen LogP contribution in [0.5, 0.6) is 0 Å². The SMILES string of the molecule is CC(C)CS(=O)(=O)NCc1nc2ccccc2c(=O)[nH]1. The van der Waals surface area contributed by atoms with Crippen molar-refractivity contribution in [2.24, 2.45) is 5.92 Å². The van der Waals surface area contributed by atoms with Crippen molar-refractivity contribution in [3.63, 3.8) is 0 Å². The fourth-order valence-corrected chi connectivity index (χ4v) is 3.25. The summed E-state index contributed by atoms with van der Waals surface area (Å²) in [5.41, 5.74) is 0.281. The third kappa shape index (κ3) is 3.64. The minimum absolute atomic E-state index is 0.0187. The molecule has 0 aliphatic rings. The van der Waals surface area contributed by atoms with Crippen LogP contribution in [-0.4, -0.2) is 24.1 Å². The summed E-state index contributed by atoms with van der Waals surface area (Å²) < 4.78 is 25.9. The third-order valence-corrected chi connectivity index (χ3v) is 4.36. The lowest BCUT2D eigenvalue weighted by atomic mass is 10.2. The number of nitrogens with one attached hydrogen (secondary N) is 2. The van der Waals surface area contributed by atoms with Crippen molar-refractivity contribution >= 4 is 20.9 Å². The second-order valence-corrected chi connectivity index (χ2v) is 6.88. The number of fused-ring (bicyclic) bond motifs is 1. The summed E-state index contributed by atoms with van der Waals surface area (Å²) in [6.45, 7) is 3.64. The molecular formula is C13H17N3O3S. The number of aromatic nitrogens is 2. The molecule has 0 atom stereocenters. The van der Waals surface area contributed by atoms with E-state index in [1.807, 2.05) is 13.8 Å². The maximum atomic E-state index is 11.8. The third-order valence-electron chi connectivity index (χ3n) is 2.67. The highest BCUT2D eigenvalue weighted by atomic mass is 32.2. The number of aromatic amines is 1. The van der Waals surface area contributed by atoms with Crippen LogP contribution in [0.2, 0.25) is 0 Å². The molecule has 2 N–H and O–H groups in total. The van der Waals surface area contributed by atoms with Gasteiger partial charge in [-0.25, -0.2) is 18.1 Å². The molecule has 0 aliphatic carbocycles. The standard InChI is InChI=1S/C13H17N3O3S/c1-9(2)8-20(18,19)14-7-12-15-11-6-4-3-5-10(11)13(17)16-12/h3-6,9,14H,7-8H2,1-2H3,(H,15,16,17). The molecule has 0 amide bonds. The molecule has 0 saturated heterocycles. The number of rotatable bonds is 5. The zero-order valence-corrected chi connectivity index (χ0v) is 12.2. The summed E-state index contributed by atoms with van der Waals surface area (Å²) in [5.74, 6) is 0.391. The minimum Gasteiger partial charge on any atom is -0.309 e. The van der Waals surface area contributed by atoms with Crippen LogP contribution in [0.15, 0.2) is 29.1 Å². The fourth-order valence-electron chi connectivity index (χ4n) is 1.89. The van der Waals surface area contributed by atoms with Gasteiger partial charge in [-0.15, -0.1) is 0 Å². The van der Waals surface area contributed by atoms with Crippen molar-refractivity contribution in [2.45, 2.75) is 20.4 Å². The van der Waals surface area contributed by atoms with Crippen LogP contribution >= 0.6 is 0 Å². The molecule has 0 aliphatic heterocycles. The Bertz CT molecular complexity index is 766. The lowest BCUT2D eigenvalue weighted by Gasteiger charge is -2.08. The van der Waals surface area contributed by atoms with E-state index in [2.05, 4.69) is 14.7 Å². The molecule has 0 bridgehead atoms. The number of nitrogens with zero attached hydrogens (tertiary/aromatic N) is 1. The van der Waals surface area contributed by atoms with Crippen molar-refractivity contribution < 1.29 is 8.42 Å². The van der Waals surface area contributed by atoms with E-state index in [0.29, 0.717) is 16.7 Å². The molecule has 0 unspecified atom stereocenters. The highest BCUT2D eigenvalue weighted by Crippen LogP contribution is 2.06. The van der Waals surface area contributed by atoms with Gasteiger partial charge in [0, 0.05) is 0 Å². The minimum atomic E-state index is -3.36. The van der Waals surface area contributed by atoms with Gasteiger partial charge in [-0.05, 0) is 18.1 Å². The molecule has 0 fully saturated rings. The molecule has 0 spiro atoms. The van der Waals surface area contributed by atoms with Gasteiger partial charge in [0.15, 0.2) is 0 Å². The zero-order chi connectivity index (χ0) is 14.8. The van der Waals surface area contributed by atoms with E-state index in [4.69, 9.17) is 0 Å². The Kier molecular flexibility index (Phi) is 4.20. The van der Waals surface area contributed by atoms with Gasteiger partial charge in [0.2, 0.25) is 10.0 Å². The second-order valence-electron chi connectivity index (χ2n) is 5.03. The van der Waals surface area contributed by atoms with Gasteiger partial charge in [0.25, 0.3) is 5.56 Å². The average molecular weight is 295 g/mol. The van der Waals surface area contributed by atoms with Crippen molar-refractivity contribution in [3.8, 4) is 0 Å². The first kappa shape index (κ1) is 14.7. The Morgan fingerprint density at radius 2 is 2.00 bits per heavy atom. The Morgan fingerprint density at radius 3 is 2.70 bits per heavy atom. The number of para-hydroxylation sites is 1. The highest BCUT2D eigenvalue weighted by Gasteiger charge is 2.13. The maximum Gasteiger partial charge on any atom is 0.258 e. The Balaban J connectivity index is 2.21. The van der Waals surface area contributed by atoms with Crippen LogP contribution in [0.3, 0.4) is 0 Å². The summed E-state index contributed by atoms with van der Waals surface area (Å²) in [5, 5.41) is 0.487. The molecule has 2 rings (SSSR count). The van der Waals surface area contributed by atoms with Crippen LogP contribution in [0.4, 0.5) is 0 Å². The van der Waals surface area contributed by atoms with Crippen molar-refractivity contribution in [3.05, 3.63) is 40.4 Å². The second kappa shape index (κ2) is 5.72. The summed E-state index contributed by atoms with van der Waals surface area (Å²) in [6, 6.07) is 6.93. The van der Waals surface area contributed by atoms with Crippen LogP contribution < -0.4 is 10.3 Å². The molecule has 2 aromatic rings. The molecule has 0 saturated carbocycles. The van der Waals surface area contributed by atoms with Crippen LogP contribution in [0.1, 0.15) is 19.7 Å². The molecule has 108 valence electrons. The van der Waals surface area contributed by atoms with E-state index >= 15 is 0 Å². The number of H-pyrrole nitrogens is 1. The maximum absolute atomic E-state index is 11.8. The van der Waals surface area contributed by atoms with Crippen LogP contribution in [0.25, 0.3) is 10.9 Å². The Hall–Kier alpha value is -1.73. The number of benzene rings is 1. The quantitative estimate of drug-likeness (QED) is 0.860. The largest absolute Gasteiger partial charge is 0.309 e. The van der Waals surface area contributed by atoms with Crippen LogP contribution in [0, 0.1) is 5.92 Å². The lowest BCUT2D eigenvalue weighted by molar-refractivity contribution is 0.566. The Morgan fingerprint density at radius 1 is 1.30 bits per heavy atom. The van der Waals surface area contributed by atoms with Crippen molar-refractivity contribution in [1.82, 2.24) is 14.7 Å². The molecule has 1 aromatic carbocycles. The van der Waals surface area contributed by atoms with Gasteiger partial charge < -0.3 is 4.98 Å². The van der Waals surface area contributed by atoms with E-state index < -0.39 is 10.0 Å². The first-order valence-corrected chi connectivity index (χ1v) is 7.98. The van der Waals surface area contributed by atoms with Gasteiger partial charge in [0.1, 0.15) is 5.82 Å². The molecule has 1 heterocycles. The van der Waals surface area contributed by atoms with Crippen LogP contribution in [-0.2, 0) is 16.6 Å². The summed E-state index contributed by atoms with van der Waals surface area (Å²) in [7, 11) is -3.36. The number of sulfonamides is 1. The van der Waals surface area contributed by atoms with Gasteiger partial charge in [-0.2, -0.15) is 0 Å². The van der Waals surface area contributed by atoms with E-state index in [1.54, 1.807) is 24.3 Å². The lowest BCUT2D eigenvalue weighted by Crippen LogP contribution is -2.29. The van der Waals surface area contributed by atoms with Gasteiger partial charge in [-0.3, -0.25) is 4.79 Å². The van der Waals surface area contributed by atoms with E-state index in [1.165, 1.54) is 0 Å². The highest BCUT2D eigenvalue weighted by molar-refractivity contribution is 7.89. The summed E-state index contributed by atoms with van der Waals surface area (Å²) in [6.07, 6.45) is 0. The summed E-state index contributed by atoms with van der Waals surface area (Å²) in [4.78, 5) is 18.6. The predicted octanol–water partition coefficient (Wildman–Crippen LogP) is 0.998. The zero-order valence-electron chi connectivity index (χ0n) is 11.4. The monoisotopic (exact) mass is 295 g/mol. The van der Waals surface area contributed by atoms with Crippen molar-refractivity contribution in [2.75, 3.05) is 5.75 Å². The van der Waals surface area contributed by atoms with Gasteiger partial charge >= 0.3 is 0 Å². The first-order chi connectivity index (χ1) is 9.37. The van der Waals surface area contributed by atoms with Crippen molar-refractivity contribution in [1.29, 1.82) is 0 Å². The molecule has 1 aromatic heterocycles. The van der Waals surface area contributed by atoms with Gasteiger partial charge in [0.05, 0.1) is 23.2 Å². The Labute approximate surface area is 117 Å². The predicted molar refractivity (Wildman–Crippen MR) is 77.8 cm³/mol.